The number of thiophene rings is 1. The van der Waals surface area contributed by atoms with Gasteiger partial charge >= 0.3 is 11.0 Å². The number of esters is 1. The fourth-order valence-electron chi connectivity index (χ4n) is 2.66. The van der Waals surface area contributed by atoms with E-state index in [0.717, 1.165) is 16.8 Å². The summed E-state index contributed by atoms with van der Waals surface area (Å²) in [6.07, 6.45) is 0. The van der Waals surface area contributed by atoms with Crippen LogP contribution < -0.4 is 10.1 Å². The van der Waals surface area contributed by atoms with Crippen molar-refractivity contribution >= 4 is 44.0 Å². The second kappa shape index (κ2) is 8.05. The van der Waals surface area contributed by atoms with E-state index in [0.29, 0.717) is 17.1 Å². The van der Waals surface area contributed by atoms with Crippen molar-refractivity contribution in [3.8, 4) is 5.75 Å². The summed E-state index contributed by atoms with van der Waals surface area (Å²) >= 11 is 0.689. The standard InChI is InChI=1S/C19H16N2O6S/c1-3-27-19(23)14-10-16(21(24)25)28-18(14)20-17(22)13-8-11-6-4-5-7-12(11)9-15(13)26-2/h4-10H,3H2,1-2H3,(H,20,22). The molecule has 1 N–H and O–H groups in total. The SMILES string of the molecule is CCOC(=O)c1cc([N+](=O)[O-])sc1NC(=O)c1cc2ccccc2cc1OC. The minimum Gasteiger partial charge on any atom is -0.496 e. The number of carbonyl (C=O) groups excluding carboxylic acids is 2. The smallest absolute Gasteiger partial charge is 0.341 e. The number of nitro groups is 1. The normalized spacial score (nSPS) is 10.5. The minimum absolute atomic E-state index is 0.0466. The Bertz CT molecular complexity index is 1080. The molecule has 0 bridgehead atoms. The fraction of sp³-hybridized carbons (Fsp3) is 0.158. The van der Waals surface area contributed by atoms with Crippen LogP contribution in [0, 0.1) is 10.1 Å². The quantitative estimate of drug-likeness (QED) is 0.376. The van der Waals surface area contributed by atoms with Crippen LogP contribution in [0.25, 0.3) is 10.8 Å². The summed E-state index contributed by atoms with van der Waals surface area (Å²) in [7, 11) is 1.45. The van der Waals surface area contributed by atoms with Crippen molar-refractivity contribution in [2.75, 3.05) is 19.0 Å². The van der Waals surface area contributed by atoms with Crippen molar-refractivity contribution in [1.82, 2.24) is 0 Å². The zero-order valence-corrected chi connectivity index (χ0v) is 15.9. The van der Waals surface area contributed by atoms with Gasteiger partial charge in [-0.25, -0.2) is 4.79 Å². The average Bonchev–Trinajstić information content (AvgIpc) is 3.11. The molecule has 0 saturated carbocycles. The third kappa shape index (κ3) is 3.79. The Kier molecular flexibility index (Phi) is 5.55. The van der Waals surface area contributed by atoms with Crippen molar-refractivity contribution in [2.45, 2.75) is 6.92 Å². The lowest BCUT2D eigenvalue weighted by molar-refractivity contribution is -0.380. The molecule has 0 aliphatic carbocycles. The van der Waals surface area contributed by atoms with Gasteiger partial charge in [-0.1, -0.05) is 24.3 Å². The minimum atomic E-state index is -0.743. The van der Waals surface area contributed by atoms with Gasteiger partial charge in [0.1, 0.15) is 16.3 Å². The van der Waals surface area contributed by atoms with E-state index in [9.17, 15) is 19.7 Å². The lowest BCUT2D eigenvalue weighted by atomic mass is 10.1. The van der Waals surface area contributed by atoms with E-state index < -0.39 is 16.8 Å². The predicted molar refractivity (Wildman–Crippen MR) is 105 cm³/mol. The maximum absolute atomic E-state index is 12.8. The summed E-state index contributed by atoms with van der Waals surface area (Å²) in [5.74, 6) is -0.947. The van der Waals surface area contributed by atoms with Gasteiger partial charge in [-0.05, 0) is 41.2 Å². The monoisotopic (exact) mass is 400 g/mol. The van der Waals surface area contributed by atoms with E-state index >= 15 is 0 Å². The molecule has 0 aliphatic rings. The second-order valence-electron chi connectivity index (χ2n) is 5.66. The van der Waals surface area contributed by atoms with Crippen molar-refractivity contribution in [3.63, 3.8) is 0 Å². The molecular formula is C19H16N2O6S. The number of methoxy groups -OCH3 is 1. The van der Waals surface area contributed by atoms with Crippen LogP contribution >= 0.6 is 11.3 Å². The largest absolute Gasteiger partial charge is 0.496 e. The van der Waals surface area contributed by atoms with Crippen LogP contribution in [0.15, 0.2) is 42.5 Å². The maximum Gasteiger partial charge on any atom is 0.341 e. The van der Waals surface area contributed by atoms with Gasteiger partial charge in [-0.2, -0.15) is 0 Å². The molecule has 1 heterocycles. The number of nitrogens with one attached hydrogen (secondary N) is 1. The van der Waals surface area contributed by atoms with Gasteiger partial charge in [0, 0.05) is 6.07 Å². The zero-order valence-electron chi connectivity index (χ0n) is 15.1. The van der Waals surface area contributed by atoms with Crippen LogP contribution in [-0.2, 0) is 4.74 Å². The Balaban J connectivity index is 2.00. The van der Waals surface area contributed by atoms with Crippen molar-refractivity contribution in [1.29, 1.82) is 0 Å². The summed E-state index contributed by atoms with van der Waals surface area (Å²) in [6, 6.07) is 11.9. The maximum atomic E-state index is 12.8. The van der Waals surface area contributed by atoms with Gasteiger partial charge in [0.15, 0.2) is 0 Å². The van der Waals surface area contributed by atoms with Crippen molar-refractivity contribution < 1.29 is 24.0 Å². The van der Waals surface area contributed by atoms with Crippen LogP contribution in [0.3, 0.4) is 0 Å². The molecule has 0 atom stereocenters. The molecule has 9 heteroatoms. The number of hydrogen-bond donors (Lipinski definition) is 1. The van der Waals surface area contributed by atoms with Crippen molar-refractivity contribution in [3.05, 3.63) is 63.7 Å². The first-order valence-corrected chi connectivity index (χ1v) is 9.09. The van der Waals surface area contributed by atoms with Crippen LogP contribution in [0.5, 0.6) is 5.75 Å². The number of hydrogen-bond acceptors (Lipinski definition) is 7. The average molecular weight is 400 g/mol. The number of amides is 1. The first kappa shape index (κ1) is 19.3. The molecule has 8 nitrogen and oxygen atoms in total. The molecule has 1 aromatic heterocycles. The van der Waals surface area contributed by atoms with E-state index in [1.54, 1.807) is 19.1 Å². The Hall–Kier alpha value is -3.46. The highest BCUT2D eigenvalue weighted by Crippen LogP contribution is 2.35. The molecule has 2 aromatic carbocycles. The molecule has 3 aromatic rings. The molecule has 0 saturated heterocycles. The first-order chi connectivity index (χ1) is 13.4. The Labute approximate surface area is 163 Å². The Morgan fingerprint density at radius 2 is 1.82 bits per heavy atom. The summed E-state index contributed by atoms with van der Waals surface area (Å²) in [6.45, 7) is 1.73. The number of carbonyl (C=O) groups is 2. The second-order valence-corrected chi connectivity index (χ2v) is 6.69. The summed E-state index contributed by atoms with van der Waals surface area (Å²) < 4.78 is 10.2. The van der Waals surface area contributed by atoms with Crippen LogP contribution in [0.1, 0.15) is 27.6 Å². The number of ether oxygens (including phenoxy) is 2. The third-order valence-electron chi connectivity index (χ3n) is 3.93. The highest BCUT2D eigenvalue weighted by Gasteiger charge is 2.25. The number of benzene rings is 2. The van der Waals surface area contributed by atoms with E-state index in [4.69, 9.17) is 9.47 Å². The van der Waals surface area contributed by atoms with E-state index in [2.05, 4.69) is 5.32 Å². The predicted octanol–water partition coefficient (Wildman–Crippen LogP) is 4.25. The topological polar surface area (TPSA) is 108 Å². The molecule has 0 aliphatic heterocycles. The molecule has 3 rings (SSSR count). The molecule has 144 valence electrons. The van der Waals surface area contributed by atoms with Crippen LogP contribution in [-0.4, -0.2) is 30.5 Å². The number of fused-ring (bicyclic) bond motifs is 1. The van der Waals surface area contributed by atoms with E-state index in [1.165, 1.54) is 7.11 Å². The number of nitrogens with zero attached hydrogens (tertiary/aromatic N) is 1. The lowest BCUT2D eigenvalue weighted by Crippen LogP contribution is -2.15. The molecule has 0 spiro atoms. The Morgan fingerprint density at radius 3 is 2.43 bits per heavy atom. The zero-order chi connectivity index (χ0) is 20.3. The molecule has 0 fully saturated rings. The van der Waals surface area contributed by atoms with E-state index in [1.807, 2.05) is 24.3 Å². The van der Waals surface area contributed by atoms with Gasteiger partial charge in [-0.3, -0.25) is 14.9 Å². The van der Waals surface area contributed by atoms with Crippen LogP contribution in [0.2, 0.25) is 0 Å². The first-order valence-electron chi connectivity index (χ1n) is 8.28. The highest BCUT2D eigenvalue weighted by atomic mass is 32.1. The van der Waals surface area contributed by atoms with Gasteiger partial charge < -0.3 is 14.8 Å². The highest BCUT2D eigenvalue weighted by molar-refractivity contribution is 7.19. The van der Waals surface area contributed by atoms with Gasteiger partial charge in [-0.15, -0.1) is 0 Å². The third-order valence-corrected chi connectivity index (χ3v) is 4.94. The summed E-state index contributed by atoms with van der Waals surface area (Å²) in [5.41, 5.74) is 0.179. The summed E-state index contributed by atoms with van der Waals surface area (Å²) in [5, 5.41) is 15.2. The van der Waals surface area contributed by atoms with Gasteiger partial charge in [0.25, 0.3) is 5.91 Å². The fourth-order valence-corrected chi connectivity index (χ4v) is 3.51. The van der Waals surface area contributed by atoms with Gasteiger partial charge in [0.05, 0.1) is 24.2 Å². The van der Waals surface area contributed by atoms with E-state index in [-0.39, 0.29) is 27.7 Å². The molecular weight excluding hydrogens is 384 g/mol. The molecule has 0 radical (unpaired) electrons. The Morgan fingerprint density at radius 1 is 1.14 bits per heavy atom. The lowest BCUT2D eigenvalue weighted by Gasteiger charge is -2.11. The number of anilines is 1. The molecule has 0 unspecified atom stereocenters. The van der Waals surface area contributed by atoms with Crippen LogP contribution in [0.4, 0.5) is 10.0 Å². The van der Waals surface area contributed by atoms with Gasteiger partial charge in [0.2, 0.25) is 0 Å². The number of rotatable bonds is 6. The molecule has 28 heavy (non-hydrogen) atoms. The summed E-state index contributed by atoms with van der Waals surface area (Å²) in [4.78, 5) is 35.4. The van der Waals surface area contributed by atoms with Crippen molar-refractivity contribution in [2.24, 2.45) is 0 Å². The molecule has 1 amide bonds.